The minimum atomic E-state index is -0.747. The van der Waals surface area contributed by atoms with Crippen LogP contribution in [0.15, 0.2) is 72.8 Å². The van der Waals surface area contributed by atoms with Crippen molar-refractivity contribution in [3.63, 3.8) is 0 Å². The number of aliphatic hydroxyl groups is 1. The molecule has 4 aliphatic carbocycles. The largest absolute Gasteiger partial charge is 0.386 e. The van der Waals surface area contributed by atoms with E-state index in [2.05, 4.69) is 47.8 Å². The van der Waals surface area contributed by atoms with E-state index in [0.717, 1.165) is 42.5 Å². The number of aryl methyl sites for hydroxylation is 4. The van der Waals surface area contributed by atoms with Crippen LogP contribution >= 0.6 is 0 Å². The molecule has 2 N–H and O–H groups in total. The molecule has 160 valence electrons. The highest BCUT2D eigenvalue weighted by molar-refractivity contribution is 5.90. The fourth-order valence-corrected chi connectivity index (χ4v) is 4.08. The summed E-state index contributed by atoms with van der Waals surface area (Å²) in [5.41, 5.74) is 6.66. The first-order valence-corrected chi connectivity index (χ1v) is 11.0. The molecule has 0 heterocycles. The first-order valence-electron chi connectivity index (χ1n) is 11.0. The third-order valence-corrected chi connectivity index (χ3v) is 6.35. The van der Waals surface area contributed by atoms with Gasteiger partial charge in [0.15, 0.2) is 0 Å². The Kier molecular flexibility index (Phi) is 6.38. The fraction of sp³-hybridized carbons (Fsp3) is 0.296. The average molecular weight is 415 g/mol. The van der Waals surface area contributed by atoms with E-state index >= 15 is 0 Å². The Morgan fingerprint density at radius 1 is 0.871 bits per heavy atom. The number of nitrogens with one attached hydrogen (secondary N) is 1. The lowest BCUT2D eigenvalue weighted by Gasteiger charge is -2.29. The predicted molar refractivity (Wildman–Crippen MR) is 125 cm³/mol. The number of nitrogens with zero attached hydrogens (tertiary/aromatic N) is 1. The van der Waals surface area contributed by atoms with Crippen molar-refractivity contribution in [2.24, 2.45) is 0 Å². The number of anilines is 1. The molecule has 0 spiro atoms. The van der Waals surface area contributed by atoms with Gasteiger partial charge in [0.25, 0.3) is 0 Å². The Labute approximate surface area is 184 Å². The van der Waals surface area contributed by atoms with Gasteiger partial charge in [-0.1, -0.05) is 66.7 Å². The third kappa shape index (κ3) is 4.97. The lowest BCUT2D eigenvalue weighted by molar-refractivity contribution is 0.0894. The normalized spacial score (nSPS) is 14.9. The van der Waals surface area contributed by atoms with Gasteiger partial charge in [0.05, 0.1) is 12.1 Å². The van der Waals surface area contributed by atoms with Crippen molar-refractivity contribution in [3.8, 4) is 0 Å². The summed E-state index contributed by atoms with van der Waals surface area (Å²) in [7, 11) is 1.73. The maximum Gasteiger partial charge on any atom is 0.321 e. The molecular formula is C27H30N2O2. The second-order valence-electron chi connectivity index (χ2n) is 8.45. The number of hydrogen-bond donors (Lipinski definition) is 2. The van der Waals surface area contributed by atoms with Gasteiger partial charge in [0.1, 0.15) is 0 Å². The Bertz CT molecular complexity index is 1030. The van der Waals surface area contributed by atoms with Crippen molar-refractivity contribution in [2.75, 3.05) is 12.4 Å². The van der Waals surface area contributed by atoms with Crippen LogP contribution in [0.3, 0.4) is 0 Å². The summed E-state index contributed by atoms with van der Waals surface area (Å²) < 4.78 is 0. The zero-order chi connectivity index (χ0) is 21.8. The highest BCUT2D eigenvalue weighted by atomic mass is 16.3. The molecule has 7 rings (SSSR count). The molecule has 4 bridgehead atoms. The van der Waals surface area contributed by atoms with Crippen LogP contribution in [0, 0.1) is 0 Å². The predicted octanol–water partition coefficient (Wildman–Crippen LogP) is 5.16. The molecule has 0 unspecified atom stereocenters. The number of benzene rings is 3. The lowest BCUT2D eigenvalue weighted by Crippen LogP contribution is -2.41. The van der Waals surface area contributed by atoms with Gasteiger partial charge in [0.2, 0.25) is 0 Å². The van der Waals surface area contributed by atoms with E-state index in [4.69, 9.17) is 0 Å². The van der Waals surface area contributed by atoms with Crippen LogP contribution < -0.4 is 5.32 Å². The van der Waals surface area contributed by atoms with Gasteiger partial charge in [-0.15, -0.1) is 0 Å². The summed E-state index contributed by atoms with van der Waals surface area (Å²) in [6.45, 7) is 1.86. The number of urea groups is 1. The van der Waals surface area contributed by atoms with Gasteiger partial charge >= 0.3 is 6.03 Å². The number of hydrogen-bond acceptors (Lipinski definition) is 2. The van der Waals surface area contributed by atoms with Gasteiger partial charge in [-0.05, 0) is 66.5 Å². The van der Waals surface area contributed by atoms with Crippen LogP contribution in [-0.2, 0) is 25.7 Å². The molecule has 4 aliphatic rings. The summed E-state index contributed by atoms with van der Waals surface area (Å²) in [6.07, 6.45) is 2.96. The number of carbonyl (C=O) groups excluding carboxylic acids is 1. The van der Waals surface area contributed by atoms with Crippen molar-refractivity contribution < 1.29 is 9.90 Å². The van der Waals surface area contributed by atoms with Crippen LogP contribution in [0.4, 0.5) is 10.5 Å². The van der Waals surface area contributed by atoms with Gasteiger partial charge in [-0.2, -0.15) is 0 Å². The van der Waals surface area contributed by atoms with Crippen molar-refractivity contribution in [1.29, 1.82) is 0 Å². The highest BCUT2D eigenvalue weighted by Gasteiger charge is 2.24. The molecule has 4 heteroatoms. The molecular weight excluding hydrogens is 384 g/mol. The van der Waals surface area contributed by atoms with Crippen LogP contribution in [-0.4, -0.2) is 29.1 Å². The number of aliphatic hydroxyl groups excluding tert-OH is 1. The minimum Gasteiger partial charge on any atom is -0.386 e. The first kappa shape index (κ1) is 21.1. The second kappa shape index (κ2) is 9.36. The maximum absolute atomic E-state index is 13.1. The van der Waals surface area contributed by atoms with Crippen molar-refractivity contribution in [1.82, 2.24) is 4.90 Å². The molecule has 0 saturated carbocycles. The molecule has 31 heavy (non-hydrogen) atoms. The van der Waals surface area contributed by atoms with E-state index in [-0.39, 0.29) is 12.1 Å². The highest BCUT2D eigenvalue weighted by Crippen LogP contribution is 2.25. The molecule has 2 amide bonds. The molecule has 0 radical (unpaired) electrons. The zero-order valence-corrected chi connectivity index (χ0v) is 18.2. The van der Waals surface area contributed by atoms with Gasteiger partial charge in [-0.25, -0.2) is 4.79 Å². The SMILES string of the molecule is C[C@@H]([C@H](O)c1ccccc1)N(C)C(=O)Nc1cc2ccc1CCc1ccc(cc1)CC2. The van der Waals surface area contributed by atoms with E-state index in [1.54, 1.807) is 11.9 Å². The van der Waals surface area contributed by atoms with Gasteiger partial charge in [0, 0.05) is 12.7 Å². The molecule has 0 fully saturated rings. The monoisotopic (exact) mass is 414 g/mol. The number of rotatable bonds is 4. The van der Waals surface area contributed by atoms with Gasteiger partial charge < -0.3 is 15.3 Å². The molecule has 0 aromatic heterocycles. The van der Waals surface area contributed by atoms with E-state index in [0.29, 0.717) is 0 Å². The van der Waals surface area contributed by atoms with Crippen LogP contribution in [0.1, 0.15) is 40.8 Å². The smallest absolute Gasteiger partial charge is 0.321 e. The molecule has 3 aromatic carbocycles. The topological polar surface area (TPSA) is 52.6 Å². The third-order valence-electron chi connectivity index (χ3n) is 6.35. The lowest BCUT2D eigenvalue weighted by atomic mass is 9.95. The van der Waals surface area contributed by atoms with Gasteiger partial charge in [-0.3, -0.25) is 0 Å². The van der Waals surface area contributed by atoms with Crippen LogP contribution in [0.2, 0.25) is 0 Å². The second-order valence-corrected chi connectivity index (χ2v) is 8.45. The standard InChI is InChI=1S/C27H30N2O2/c1-19(26(30)24-6-4-3-5-7-24)29(2)27(31)28-25-18-22-13-12-20-8-10-21(11-9-20)14-16-23(25)17-15-22/h3-11,15,17-19,26,30H,12-14,16H2,1-2H3,(H,28,31)/t19-,26-/m0/s1. The molecule has 0 aliphatic heterocycles. The Morgan fingerprint density at radius 2 is 1.45 bits per heavy atom. The Hall–Kier alpha value is -3.11. The number of amides is 2. The van der Waals surface area contributed by atoms with E-state index in [9.17, 15) is 9.90 Å². The minimum absolute atomic E-state index is 0.212. The number of carbonyl (C=O) groups is 1. The summed E-state index contributed by atoms with van der Waals surface area (Å²) in [5, 5.41) is 13.8. The molecule has 2 atom stereocenters. The summed E-state index contributed by atoms with van der Waals surface area (Å²) in [6, 6.07) is 24.2. The first-order chi connectivity index (χ1) is 15.0. The van der Waals surface area contributed by atoms with E-state index < -0.39 is 6.10 Å². The average Bonchev–Trinajstić information content (AvgIpc) is 2.80. The summed E-state index contributed by atoms with van der Waals surface area (Å²) >= 11 is 0. The molecule has 3 aromatic rings. The van der Waals surface area contributed by atoms with Crippen molar-refractivity contribution >= 4 is 11.7 Å². The van der Waals surface area contributed by atoms with Crippen molar-refractivity contribution in [3.05, 3.63) is 101 Å². The molecule has 4 nitrogen and oxygen atoms in total. The van der Waals surface area contributed by atoms with E-state index in [1.807, 2.05) is 37.3 Å². The van der Waals surface area contributed by atoms with Crippen molar-refractivity contribution in [2.45, 2.75) is 44.8 Å². The van der Waals surface area contributed by atoms with Crippen LogP contribution in [0.25, 0.3) is 0 Å². The van der Waals surface area contributed by atoms with E-state index in [1.165, 1.54) is 16.7 Å². The van der Waals surface area contributed by atoms with Crippen LogP contribution in [0.5, 0.6) is 0 Å². The zero-order valence-electron chi connectivity index (χ0n) is 18.2. The number of likely N-dealkylation sites (N-methyl/N-ethyl adjacent to an activating group) is 1. The fourth-order valence-electron chi connectivity index (χ4n) is 4.08. The summed E-state index contributed by atoms with van der Waals surface area (Å²) in [4.78, 5) is 14.6. The quantitative estimate of drug-likeness (QED) is 0.620. The Morgan fingerprint density at radius 3 is 2.13 bits per heavy atom. The molecule has 0 saturated heterocycles. The maximum atomic E-state index is 13.1. The summed E-state index contributed by atoms with van der Waals surface area (Å²) in [5.74, 6) is 0. The Balaban J connectivity index is 1.51.